The second-order valence-electron chi connectivity index (χ2n) is 7.62. The lowest BCUT2D eigenvalue weighted by Gasteiger charge is -2.28. The fraction of sp³-hybridized carbons (Fsp3) is 0.526. The van der Waals surface area contributed by atoms with E-state index in [0.717, 1.165) is 10.5 Å². The third-order valence-corrected chi connectivity index (χ3v) is 4.12. The zero-order valence-electron chi connectivity index (χ0n) is 15.7. The van der Waals surface area contributed by atoms with Gasteiger partial charge in [-0.25, -0.2) is 9.59 Å². The number of carboxylic acids is 1. The number of ether oxygens (including phenoxy) is 1. The summed E-state index contributed by atoms with van der Waals surface area (Å²) in [6, 6.07) is 6.95. The SMILES string of the molecule is CC(C)(C)OC(=O)N[C@@H](Cc1ccccc1)C(=O)N1C[C@@H](O)C[C@@H]1C(=O)O. The van der Waals surface area contributed by atoms with Crippen LogP contribution in [0.1, 0.15) is 32.8 Å². The number of carbonyl (C=O) groups excluding carboxylic acids is 2. The minimum atomic E-state index is -1.18. The molecule has 1 aromatic rings. The quantitative estimate of drug-likeness (QED) is 0.708. The van der Waals surface area contributed by atoms with Crippen molar-refractivity contribution in [3.05, 3.63) is 35.9 Å². The van der Waals surface area contributed by atoms with E-state index >= 15 is 0 Å². The van der Waals surface area contributed by atoms with E-state index in [2.05, 4.69) is 5.32 Å². The summed E-state index contributed by atoms with van der Waals surface area (Å²) < 4.78 is 5.23. The molecule has 1 heterocycles. The molecule has 1 aromatic carbocycles. The Morgan fingerprint density at radius 2 is 1.89 bits per heavy atom. The Morgan fingerprint density at radius 1 is 1.26 bits per heavy atom. The molecule has 0 saturated carbocycles. The first-order valence-electron chi connectivity index (χ1n) is 8.81. The molecule has 0 radical (unpaired) electrons. The molecule has 148 valence electrons. The summed E-state index contributed by atoms with van der Waals surface area (Å²) in [6.07, 6.45) is -1.53. The molecule has 27 heavy (non-hydrogen) atoms. The molecular formula is C19H26N2O6. The number of rotatable bonds is 5. The van der Waals surface area contributed by atoms with Crippen LogP contribution in [-0.4, -0.2) is 63.4 Å². The van der Waals surface area contributed by atoms with E-state index in [0.29, 0.717) is 0 Å². The maximum Gasteiger partial charge on any atom is 0.408 e. The normalized spacial score (nSPS) is 20.8. The zero-order chi connectivity index (χ0) is 20.2. The van der Waals surface area contributed by atoms with Crippen molar-refractivity contribution in [2.45, 2.75) is 57.4 Å². The number of nitrogens with zero attached hydrogens (tertiary/aromatic N) is 1. The first-order valence-corrected chi connectivity index (χ1v) is 8.81. The number of β-amino-alcohol motifs (C(OH)–C–C–N with tert-alkyl or cyclic N) is 1. The molecule has 0 aliphatic carbocycles. The maximum atomic E-state index is 13.0. The van der Waals surface area contributed by atoms with Crippen LogP contribution in [0.3, 0.4) is 0 Å². The van der Waals surface area contributed by atoms with E-state index in [9.17, 15) is 24.6 Å². The molecule has 8 nitrogen and oxygen atoms in total. The molecular weight excluding hydrogens is 352 g/mol. The van der Waals surface area contributed by atoms with E-state index < -0.39 is 41.8 Å². The topological polar surface area (TPSA) is 116 Å². The number of aliphatic carboxylic acids is 1. The van der Waals surface area contributed by atoms with Gasteiger partial charge in [-0.15, -0.1) is 0 Å². The van der Waals surface area contributed by atoms with Gasteiger partial charge < -0.3 is 25.2 Å². The predicted molar refractivity (Wildman–Crippen MR) is 97.1 cm³/mol. The minimum Gasteiger partial charge on any atom is -0.480 e. The monoisotopic (exact) mass is 378 g/mol. The van der Waals surface area contributed by atoms with Crippen molar-refractivity contribution in [3.63, 3.8) is 0 Å². The summed E-state index contributed by atoms with van der Waals surface area (Å²) in [6.45, 7) is 5.03. The zero-order valence-corrected chi connectivity index (χ0v) is 15.7. The van der Waals surface area contributed by atoms with Crippen LogP contribution in [0.2, 0.25) is 0 Å². The van der Waals surface area contributed by atoms with Crippen LogP contribution < -0.4 is 5.32 Å². The molecule has 0 spiro atoms. The number of aliphatic hydroxyl groups excluding tert-OH is 1. The molecule has 2 amide bonds. The Bertz CT molecular complexity index is 685. The van der Waals surface area contributed by atoms with Crippen molar-refractivity contribution in [2.24, 2.45) is 0 Å². The Kier molecular flexibility index (Phi) is 6.43. The van der Waals surface area contributed by atoms with Crippen LogP contribution >= 0.6 is 0 Å². The van der Waals surface area contributed by atoms with E-state index in [-0.39, 0.29) is 19.4 Å². The number of benzene rings is 1. The molecule has 1 fully saturated rings. The summed E-state index contributed by atoms with van der Waals surface area (Å²) in [5, 5.41) is 21.7. The molecule has 3 atom stereocenters. The van der Waals surface area contributed by atoms with Crippen molar-refractivity contribution in [1.29, 1.82) is 0 Å². The minimum absolute atomic E-state index is 0.0361. The van der Waals surface area contributed by atoms with Gasteiger partial charge in [-0.1, -0.05) is 30.3 Å². The highest BCUT2D eigenvalue weighted by molar-refractivity contribution is 5.90. The van der Waals surface area contributed by atoms with E-state index in [1.54, 1.807) is 20.8 Å². The third-order valence-electron chi connectivity index (χ3n) is 4.12. The van der Waals surface area contributed by atoms with Gasteiger partial charge in [0.2, 0.25) is 5.91 Å². The van der Waals surface area contributed by atoms with Crippen molar-refractivity contribution < 1.29 is 29.3 Å². The van der Waals surface area contributed by atoms with Gasteiger partial charge >= 0.3 is 12.1 Å². The highest BCUT2D eigenvalue weighted by Gasteiger charge is 2.41. The van der Waals surface area contributed by atoms with E-state index in [4.69, 9.17) is 4.74 Å². The predicted octanol–water partition coefficient (Wildman–Crippen LogP) is 1.17. The van der Waals surface area contributed by atoms with Gasteiger partial charge in [-0.3, -0.25) is 4.79 Å². The second-order valence-corrected chi connectivity index (χ2v) is 7.62. The lowest BCUT2D eigenvalue weighted by atomic mass is 10.0. The number of hydrogen-bond acceptors (Lipinski definition) is 5. The van der Waals surface area contributed by atoms with Crippen molar-refractivity contribution in [3.8, 4) is 0 Å². The number of alkyl carbamates (subject to hydrolysis) is 1. The summed E-state index contributed by atoms with van der Waals surface area (Å²) in [5.41, 5.74) is 0.0660. The van der Waals surface area contributed by atoms with Gasteiger partial charge in [0.05, 0.1) is 6.10 Å². The number of carbonyl (C=O) groups is 3. The molecule has 8 heteroatoms. The standard InChI is InChI=1S/C19H26N2O6/c1-19(2,3)27-18(26)20-14(9-12-7-5-4-6-8-12)16(23)21-11-13(22)10-15(21)17(24)25/h4-8,13-15,22H,9-11H2,1-3H3,(H,20,26)(H,24,25)/t13-,14-,15+/m0/s1. The highest BCUT2D eigenvalue weighted by Crippen LogP contribution is 2.20. The molecule has 0 bridgehead atoms. The van der Waals surface area contributed by atoms with Crippen LogP contribution in [0.25, 0.3) is 0 Å². The van der Waals surface area contributed by atoms with Gasteiger partial charge in [0.15, 0.2) is 0 Å². The van der Waals surface area contributed by atoms with Gasteiger partial charge in [0.25, 0.3) is 0 Å². The average molecular weight is 378 g/mol. The maximum absolute atomic E-state index is 13.0. The molecule has 2 rings (SSSR count). The van der Waals surface area contributed by atoms with Crippen LogP contribution in [-0.2, 0) is 20.7 Å². The smallest absolute Gasteiger partial charge is 0.408 e. The van der Waals surface area contributed by atoms with Gasteiger partial charge in [0, 0.05) is 19.4 Å². The average Bonchev–Trinajstić information content (AvgIpc) is 2.95. The molecule has 3 N–H and O–H groups in total. The number of nitrogens with one attached hydrogen (secondary N) is 1. The lowest BCUT2D eigenvalue weighted by molar-refractivity contribution is -0.149. The fourth-order valence-corrected chi connectivity index (χ4v) is 2.99. The number of aliphatic hydroxyl groups is 1. The number of hydrogen-bond donors (Lipinski definition) is 3. The number of carboxylic acid groups (broad SMARTS) is 1. The summed E-state index contributed by atoms with van der Waals surface area (Å²) in [7, 11) is 0. The van der Waals surface area contributed by atoms with Crippen LogP contribution in [0.15, 0.2) is 30.3 Å². The Labute approximate surface area is 158 Å². The van der Waals surface area contributed by atoms with Crippen molar-refractivity contribution in [2.75, 3.05) is 6.54 Å². The Balaban J connectivity index is 2.21. The van der Waals surface area contributed by atoms with Gasteiger partial charge in [-0.05, 0) is 26.3 Å². The highest BCUT2D eigenvalue weighted by atomic mass is 16.6. The summed E-state index contributed by atoms with van der Waals surface area (Å²) in [4.78, 5) is 37.7. The molecule has 1 saturated heterocycles. The molecule has 0 aromatic heterocycles. The Hall–Kier alpha value is -2.61. The Morgan fingerprint density at radius 3 is 2.44 bits per heavy atom. The van der Waals surface area contributed by atoms with Crippen LogP contribution in [0.4, 0.5) is 4.79 Å². The second kappa shape index (κ2) is 8.39. The molecule has 0 unspecified atom stereocenters. The lowest BCUT2D eigenvalue weighted by Crippen LogP contribution is -2.53. The van der Waals surface area contributed by atoms with Crippen LogP contribution in [0.5, 0.6) is 0 Å². The summed E-state index contributed by atoms with van der Waals surface area (Å²) in [5.74, 6) is -1.75. The largest absolute Gasteiger partial charge is 0.480 e. The van der Waals surface area contributed by atoms with E-state index in [1.807, 2.05) is 30.3 Å². The first kappa shape index (κ1) is 20.7. The number of amides is 2. The van der Waals surface area contributed by atoms with Crippen molar-refractivity contribution >= 4 is 18.0 Å². The fourth-order valence-electron chi connectivity index (χ4n) is 2.99. The van der Waals surface area contributed by atoms with Crippen LogP contribution in [0, 0.1) is 0 Å². The first-order chi connectivity index (χ1) is 12.6. The third kappa shape index (κ3) is 5.96. The van der Waals surface area contributed by atoms with E-state index in [1.165, 1.54) is 0 Å². The van der Waals surface area contributed by atoms with Gasteiger partial charge in [0.1, 0.15) is 17.7 Å². The number of likely N-dealkylation sites (tertiary alicyclic amines) is 1. The summed E-state index contributed by atoms with van der Waals surface area (Å²) >= 11 is 0. The van der Waals surface area contributed by atoms with Crippen molar-refractivity contribution in [1.82, 2.24) is 10.2 Å². The van der Waals surface area contributed by atoms with Gasteiger partial charge in [-0.2, -0.15) is 0 Å². The molecule has 1 aliphatic heterocycles. The molecule has 1 aliphatic rings.